The molecule has 0 aromatic heterocycles. The van der Waals surface area contributed by atoms with Gasteiger partial charge in [0.25, 0.3) is 0 Å². The summed E-state index contributed by atoms with van der Waals surface area (Å²) in [6.07, 6.45) is 1.63. The van der Waals surface area contributed by atoms with Gasteiger partial charge in [0.2, 0.25) is 8.32 Å². The molecule has 3 nitrogen and oxygen atoms in total. The molecule has 2 aromatic rings. The Morgan fingerprint density at radius 1 is 0.897 bits per heavy atom. The van der Waals surface area contributed by atoms with Crippen LogP contribution in [0.5, 0.6) is 0 Å². The van der Waals surface area contributed by atoms with Crippen molar-refractivity contribution in [2.75, 3.05) is 6.61 Å². The molecule has 0 aliphatic heterocycles. The van der Waals surface area contributed by atoms with Crippen LogP contribution in [0.15, 0.2) is 60.7 Å². The van der Waals surface area contributed by atoms with E-state index in [-0.39, 0.29) is 5.97 Å². The van der Waals surface area contributed by atoms with Crippen LogP contribution in [0.2, 0.25) is 25.7 Å². The summed E-state index contributed by atoms with van der Waals surface area (Å²) >= 11 is 0. The van der Waals surface area contributed by atoms with Gasteiger partial charge in [-0.15, -0.1) is 0 Å². The van der Waals surface area contributed by atoms with Gasteiger partial charge in [0.15, 0.2) is 8.32 Å². The number of esters is 1. The molecule has 158 valence electrons. The SMILES string of the molecule is CCC(C)(C)C(=O)OCCC[Si](C)(C)O[Si](C)(c1ccccc1)c1ccccc1. The van der Waals surface area contributed by atoms with Crippen LogP contribution >= 0.6 is 0 Å². The number of carbonyl (C=O) groups excluding carboxylic acids is 1. The first kappa shape index (κ1) is 23.6. The van der Waals surface area contributed by atoms with Crippen LogP contribution < -0.4 is 10.4 Å². The molecule has 0 aliphatic carbocycles. The Balaban J connectivity index is 2.07. The molecule has 0 heterocycles. The molecule has 0 atom stereocenters. The van der Waals surface area contributed by atoms with Gasteiger partial charge in [-0.2, -0.15) is 0 Å². The maximum absolute atomic E-state index is 12.2. The second-order valence-corrected chi connectivity index (χ2v) is 17.2. The van der Waals surface area contributed by atoms with E-state index in [0.29, 0.717) is 6.61 Å². The zero-order valence-corrected chi connectivity index (χ0v) is 20.8. The Hall–Kier alpha value is -1.70. The van der Waals surface area contributed by atoms with E-state index < -0.39 is 22.0 Å². The lowest BCUT2D eigenvalue weighted by Crippen LogP contribution is -2.62. The smallest absolute Gasteiger partial charge is 0.311 e. The van der Waals surface area contributed by atoms with Gasteiger partial charge in [-0.05, 0) is 62.7 Å². The second-order valence-electron chi connectivity index (χ2n) is 9.10. The minimum atomic E-state index is -2.30. The van der Waals surface area contributed by atoms with Crippen molar-refractivity contribution >= 4 is 33.0 Å². The van der Waals surface area contributed by atoms with Gasteiger partial charge in [-0.25, -0.2) is 0 Å². The summed E-state index contributed by atoms with van der Waals surface area (Å²) < 4.78 is 12.6. The van der Waals surface area contributed by atoms with Gasteiger partial charge in [-0.1, -0.05) is 67.6 Å². The van der Waals surface area contributed by atoms with Gasteiger partial charge in [0.1, 0.15) is 0 Å². The molecule has 29 heavy (non-hydrogen) atoms. The number of benzene rings is 2. The van der Waals surface area contributed by atoms with E-state index in [1.807, 2.05) is 20.8 Å². The van der Waals surface area contributed by atoms with Crippen molar-refractivity contribution in [2.45, 2.75) is 59.3 Å². The van der Waals surface area contributed by atoms with E-state index in [2.05, 4.69) is 80.3 Å². The molecule has 0 N–H and O–H groups in total. The number of hydrogen-bond acceptors (Lipinski definition) is 3. The number of ether oxygens (including phenoxy) is 1. The van der Waals surface area contributed by atoms with Gasteiger partial charge >= 0.3 is 5.97 Å². The standard InChI is InChI=1S/C24H36O3Si2/c1-7-24(2,3)23(25)26-19-14-20-28(4,5)27-29(6,21-15-10-8-11-16-21)22-17-12-9-13-18-22/h8-13,15-18H,7,14,19-20H2,1-6H3. The molecule has 2 aromatic carbocycles. The highest BCUT2D eigenvalue weighted by Crippen LogP contribution is 2.23. The molecular weight excluding hydrogens is 392 g/mol. The van der Waals surface area contributed by atoms with Crippen molar-refractivity contribution in [3.05, 3.63) is 60.7 Å². The minimum absolute atomic E-state index is 0.104. The molecular formula is C24H36O3Si2. The summed E-state index contributed by atoms with van der Waals surface area (Å²) in [5.41, 5.74) is -0.407. The average molecular weight is 429 g/mol. The molecule has 0 aliphatic rings. The van der Waals surface area contributed by atoms with E-state index >= 15 is 0 Å². The quantitative estimate of drug-likeness (QED) is 0.304. The summed E-state index contributed by atoms with van der Waals surface area (Å²) in [5, 5.41) is 2.59. The van der Waals surface area contributed by atoms with Gasteiger partial charge < -0.3 is 8.85 Å². The molecule has 0 unspecified atom stereocenters. The molecule has 0 saturated heterocycles. The van der Waals surface area contributed by atoms with Crippen molar-refractivity contribution in [2.24, 2.45) is 5.41 Å². The van der Waals surface area contributed by atoms with E-state index in [1.165, 1.54) is 10.4 Å². The highest BCUT2D eigenvalue weighted by atomic mass is 28.4. The van der Waals surface area contributed by atoms with Gasteiger partial charge in [0.05, 0.1) is 12.0 Å². The van der Waals surface area contributed by atoms with Gasteiger partial charge in [-0.3, -0.25) is 4.79 Å². The first-order chi connectivity index (χ1) is 13.6. The predicted molar refractivity (Wildman–Crippen MR) is 127 cm³/mol. The van der Waals surface area contributed by atoms with Crippen LogP contribution in [0.4, 0.5) is 0 Å². The Morgan fingerprint density at radius 3 is 1.83 bits per heavy atom. The second kappa shape index (κ2) is 9.87. The summed E-state index contributed by atoms with van der Waals surface area (Å²) in [5.74, 6) is -0.104. The van der Waals surface area contributed by atoms with Crippen LogP contribution in [0, 0.1) is 5.41 Å². The first-order valence-corrected chi connectivity index (χ1v) is 16.1. The normalized spacial score (nSPS) is 12.6. The maximum atomic E-state index is 12.2. The van der Waals surface area contributed by atoms with E-state index in [9.17, 15) is 4.79 Å². The van der Waals surface area contributed by atoms with Crippen molar-refractivity contribution in [1.82, 2.24) is 0 Å². The van der Waals surface area contributed by atoms with Crippen LogP contribution in [0.25, 0.3) is 0 Å². The third kappa shape index (κ3) is 6.39. The molecule has 0 bridgehead atoms. The van der Waals surface area contributed by atoms with E-state index in [1.54, 1.807) is 0 Å². The molecule has 0 saturated carbocycles. The molecule has 0 radical (unpaired) electrons. The summed E-state index contributed by atoms with van der Waals surface area (Å²) in [6, 6.07) is 22.2. The predicted octanol–water partition coefficient (Wildman–Crippen LogP) is 4.97. The first-order valence-electron chi connectivity index (χ1n) is 10.6. The van der Waals surface area contributed by atoms with Gasteiger partial charge in [0, 0.05) is 0 Å². The minimum Gasteiger partial charge on any atom is -0.465 e. The third-order valence-corrected chi connectivity index (χ3v) is 14.0. The lowest BCUT2D eigenvalue weighted by molar-refractivity contribution is -0.154. The van der Waals surface area contributed by atoms with Crippen LogP contribution in [-0.2, 0) is 13.6 Å². The molecule has 0 fully saturated rings. The third-order valence-electron chi connectivity index (χ3n) is 5.72. The lowest BCUT2D eigenvalue weighted by Gasteiger charge is -2.37. The van der Waals surface area contributed by atoms with Crippen molar-refractivity contribution in [3.8, 4) is 0 Å². The Kier molecular flexibility index (Phi) is 8.03. The van der Waals surface area contributed by atoms with Crippen molar-refractivity contribution < 1.29 is 13.6 Å². The van der Waals surface area contributed by atoms with Crippen LogP contribution in [0.1, 0.15) is 33.6 Å². The monoisotopic (exact) mass is 428 g/mol. The molecule has 0 spiro atoms. The molecule has 0 amide bonds. The fourth-order valence-corrected chi connectivity index (χ4v) is 12.2. The average Bonchev–Trinajstić information content (AvgIpc) is 2.72. The van der Waals surface area contributed by atoms with Crippen LogP contribution in [-0.4, -0.2) is 29.2 Å². The highest BCUT2D eigenvalue weighted by Gasteiger charge is 2.40. The highest BCUT2D eigenvalue weighted by molar-refractivity contribution is 7.01. The zero-order chi connectivity index (χ0) is 21.5. The van der Waals surface area contributed by atoms with Crippen LogP contribution in [0.3, 0.4) is 0 Å². The Labute approximate surface area is 178 Å². The van der Waals surface area contributed by atoms with Crippen molar-refractivity contribution in [3.63, 3.8) is 0 Å². The fourth-order valence-electron chi connectivity index (χ4n) is 3.40. The Bertz CT molecular complexity index is 734. The van der Waals surface area contributed by atoms with E-state index in [0.717, 1.165) is 18.9 Å². The summed E-state index contributed by atoms with van der Waals surface area (Å²) in [7, 11) is -4.26. The number of rotatable bonds is 10. The van der Waals surface area contributed by atoms with E-state index in [4.69, 9.17) is 8.85 Å². The number of carbonyl (C=O) groups is 1. The molecule has 5 heteroatoms. The zero-order valence-electron chi connectivity index (χ0n) is 18.8. The number of hydrogen-bond donors (Lipinski definition) is 0. The Morgan fingerprint density at radius 2 is 1.38 bits per heavy atom. The largest absolute Gasteiger partial charge is 0.465 e. The fraction of sp³-hybridized carbons (Fsp3) is 0.458. The summed E-state index contributed by atoms with van der Waals surface area (Å²) in [4.78, 5) is 12.2. The maximum Gasteiger partial charge on any atom is 0.311 e. The van der Waals surface area contributed by atoms with Crippen molar-refractivity contribution in [1.29, 1.82) is 0 Å². The topological polar surface area (TPSA) is 35.5 Å². The lowest BCUT2D eigenvalue weighted by atomic mass is 9.91. The summed E-state index contributed by atoms with van der Waals surface area (Å²) in [6.45, 7) is 13.2. The molecule has 2 rings (SSSR count).